The molecule has 0 aliphatic carbocycles. The molecule has 3 nitrogen and oxygen atoms in total. The third-order valence-corrected chi connectivity index (χ3v) is 2.90. The molecule has 0 saturated carbocycles. The largest absolute Gasteiger partial charge is 0.516 e. The summed E-state index contributed by atoms with van der Waals surface area (Å²) in [5.41, 5.74) is -0.620. The van der Waals surface area contributed by atoms with Crippen LogP contribution in [-0.2, 0) is 9.36 Å². The van der Waals surface area contributed by atoms with Crippen molar-refractivity contribution >= 4 is 13.8 Å². The van der Waals surface area contributed by atoms with Crippen LogP contribution in [0.15, 0.2) is 0 Å². The van der Waals surface area contributed by atoms with Crippen LogP contribution in [0.4, 0.5) is 0 Å². The zero-order valence-electron chi connectivity index (χ0n) is 7.62. The molecule has 0 heterocycles. The average Bonchev–Trinajstić information content (AvgIpc) is 2.04. The van der Waals surface area contributed by atoms with Gasteiger partial charge in [-0.1, -0.05) is 20.3 Å². The summed E-state index contributed by atoms with van der Waals surface area (Å²) >= 11 is 0. The molecule has 0 fully saturated rings. The van der Waals surface area contributed by atoms with Crippen molar-refractivity contribution in [2.24, 2.45) is 0 Å². The van der Waals surface area contributed by atoms with E-state index in [0.717, 1.165) is 12.8 Å². The van der Waals surface area contributed by atoms with Gasteiger partial charge in [0.05, 0.1) is 0 Å². The summed E-state index contributed by atoms with van der Waals surface area (Å²) in [4.78, 5) is 19.9. The monoisotopic (exact) mass is 191 g/mol. The molecule has 70 valence electrons. The highest BCUT2D eigenvalue weighted by atomic mass is 31.1. The van der Waals surface area contributed by atoms with Crippen LogP contribution in [0.2, 0.25) is 0 Å². The van der Waals surface area contributed by atoms with Gasteiger partial charge in [-0.25, -0.2) is 0 Å². The standard InChI is InChI=1S/C8H15O3P/c1-3-5-6-8(12(10)11)7(9)4-2/h8H,3-6H2,1-2H3/p+1. The normalized spacial score (nSPS) is 14.1. The molecule has 0 saturated heterocycles. The Kier molecular flexibility index (Phi) is 6.13. The number of Topliss-reactive ketones (excluding diaryl/α,β-unsaturated/α-hetero) is 1. The molecule has 2 unspecified atom stereocenters. The fourth-order valence-corrected chi connectivity index (χ4v) is 1.86. The Morgan fingerprint density at radius 1 is 1.50 bits per heavy atom. The predicted octanol–water partition coefficient (Wildman–Crippen LogP) is 2.26. The Morgan fingerprint density at radius 3 is 2.42 bits per heavy atom. The number of hydrogen-bond acceptors (Lipinski definition) is 2. The molecular weight excluding hydrogens is 175 g/mol. The lowest BCUT2D eigenvalue weighted by Gasteiger charge is -2.00. The summed E-state index contributed by atoms with van der Waals surface area (Å²) < 4.78 is 10.7. The Morgan fingerprint density at radius 2 is 2.08 bits per heavy atom. The van der Waals surface area contributed by atoms with Gasteiger partial charge in [0.1, 0.15) is 0 Å². The van der Waals surface area contributed by atoms with E-state index in [2.05, 4.69) is 0 Å². The topological polar surface area (TPSA) is 54.4 Å². The molecule has 0 rings (SSSR count). The molecule has 0 aromatic carbocycles. The van der Waals surface area contributed by atoms with Gasteiger partial charge in [0, 0.05) is 12.8 Å². The molecule has 0 aliphatic heterocycles. The van der Waals surface area contributed by atoms with E-state index in [-0.39, 0.29) is 5.78 Å². The van der Waals surface area contributed by atoms with Gasteiger partial charge in [0.25, 0.3) is 0 Å². The van der Waals surface area contributed by atoms with E-state index in [1.165, 1.54) is 0 Å². The van der Waals surface area contributed by atoms with E-state index in [0.29, 0.717) is 12.8 Å². The van der Waals surface area contributed by atoms with Crippen molar-refractivity contribution in [3.63, 3.8) is 0 Å². The van der Waals surface area contributed by atoms with Gasteiger partial charge in [-0.05, 0) is 11.0 Å². The van der Waals surface area contributed by atoms with Crippen molar-refractivity contribution in [2.45, 2.75) is 45.2 Å². The smallest absolute Gasteiger partial charge is 0.294 e. The van der Waals surface area contributed by atoms with Gasteiger partial charge in [-0.3, -0.25) is 4.79 Å². The highest BCUT2D eigenvalue weighted by Crippen LogP contribution is 2.28. The lowest BCUT2D eigenvalue weighted by molar-refractivity contribution is -0.118. The lowest BCUT2D eigenvalue weighted by atomic mass is 10.1. The first-order chi connectivity index (χ1) is 5.63. The molecular formula is C8H16O3P+. The molecule has 0 radical (unpaired) electrons. The van der Waals surface area contributed by atoms with Crippen LogP contribution in [0.3, 0.4) is 0 Å². The lowest BCUT2D eigenvalue weighted by Crippen LogP contribution is -2.15. The zero-order chi connectivity index (χ0) is 9.56. The Bertz CT molecular complexity index is 168. The third kappa shape index (κ3) is 3.93. The first-order valence-corrected chi connectivity index (χ1v) is 5.59. The molecule has 0 aromatic heterocycles. The summed E-state index contributed by atoms with van der Waals surface area (Å²) in [6, 6.07) is 0. The maximum Gasteiger partial charge on any atom is 0.516 e. The first kappa shape index (κ1) is 11.7. The van der Waals surface area contributed by atoms with Crippen molar-refractivity contribution in [2.75, 3.05) is 0 Å². The van der Waals surface area contributed by atoms with E-state index < -0.39 is 13.7 Å². The van der Waals surface area contributed by atoms with Crippen molar-refractivity contribution in [3.05, 3.63) is 0 Å². The highest BCUT2D eigenvalue weighted by Gasteiger charge is 2.34. The van der Waals surface area contributed by atoms with E-state index in [4.69, 9.17) is 4.89 Å². The molecule has 1 N–H and O–H groups in total. The minimum Gasteiger partial charge on any atom is -0.294 e. The molecule has 4 heteroatoms. The first-order valence-electron chi connectivity index (χ1n) is 4.31. The molecule has 0 amide bonds. The van der Waals surface area contributed by atoms with Crippen molar-refractivity contribution in [3.8, 4) is 0 Å². The van der Waals surface area contributed by atoms with Crippen LogP contribution in [0.1, 0.15) is 39.5 Å². The second-order valence-corrected chi connectivity index (χ2v) is 4.01. The SMILES string of the molecule is CCCCC(C(=O)CC)[P+](=O)O. The van der Waals surface area contributed by atoms with Crippen LogP contribution in [0.5, 0.6) is 0 Å². The Labute approximate surface area is 74.0 Å². The highest BCUT2D eigenvalue weighted by molar-refractivity contribution is 7.40. The van der Waals surface area contributed by atoms with Gasteiger partial charge in [0.15, 0.2) is 5.78 Å². The minimum absolute atomic E-state index is 0.0907. The predicted molar refractivity (Wildman–Crippen MR) is 48.4 cm³/mol. The number of ketones is 1. The van der Waals surface area contributed by atoms with Gasteiger partial charge in [-0.15, -0.1) is 0 Å². The van der Waals surface area contributed by atoms with Gasteiger partial charge >= 0.3 is 8.03 Å². The van der Waals surface area contributed by atoms with Crippen LogP contribution in [0, 0.1) is 0 Å². The minimum atomic E-state index is -2.32. The van der Waals surface area contributed by atoms with E-state index in [9.17, 15) is 9.36 Å². The summed E-state index contributed by atoms with van der Waals surface area (Å²) in [6.45, 7) is 3.72. The van der Waals surface area contributed by atoms with Gasteiger partial charge < -0.3 is 0 Å². The van der Waals surface area contributed by atoms with Crippen LogP contribution in [-0.4, -0.2) is 16.3 Å². The van der Waals surface area contributed by atoms with Crippen LogP contribution in [0.25, 0.3) is 0 Å². The molecule has 2 atom stereocenters. The number of rotatable bonds is 6. The maximum absolute atomic E-state index is 11.1. The summed E-state index contributed by atoms with van der Waals surface area (Å²) in [5, 5.41) is 0. The number of hydrogen-bond donors (Lipinski definition) is 1. The summed E-state index contributed by atoms with van der Waals surface area (Å²) in [6.07, 6.45) is 2.71. The quantitative estimate of drug-likeness (QED) is 0.655. The fourth-order valence-electron chi connectivity index (χ4n) is 1.03. The zero-order valence-corrected chi connectivity index (χ0v) is 8.51. The molecule has 0 spiro atoms. The molecule has 0 bridgehead atoms. The number of carbonyl (C=O) groups is 1. The second kappa shape index (κ2) is 6.27. The Hall–Kier alpha value is -0.270. The third-order valence-electron chi connectivity index (χ3n) is 1.82. The summed E-state index contributed by atoms with van der Waals surface area (Å²) in [7, 11) is -2.32. The second-order valence-electron chi connectivity index (χ2n) is 2.78. The van der Waals surface area contributed by atoms with E-state index >= 15 is 0 Å². The van der Waals surface area contributed by atoms with Crippen molar-refractivity contribution in [1.29, 1.82) is 0 Å². The van der Waals surface area contributed by atoms with Crippen molar-refractivity contribution < 1.29 is 14.3 Å². The van der Waals surface area contributed by atoms with Gasteiger partial charge in [-0.2, -0.15) is 4.89 Å². The fraction of sp³-hybridized carbons (Fsp3) is 0.875. The average molecular weight is 191 g/mol. The van der Waals surface area contributed by atoms with Crippen LogP contribution >= 0.6 is 8.03 Å². The number of unbranched alkanes of at least 4 members (excludes halogenated alkanes) is 1. The molecule has 0 aliphatic rings. The maximum atomic E-state index is 11.1. The Balaban J connectivity index is 4.04. The van der Waals surface area contributed by atoms with Crippen LogP contribution < -0.4 is 0 Å². The van der Waals surface area contributed by atoms with E-state index in [1.807, 2.05) is 6.92 Å². The van der Waals surface area contributed by atoms with Gasteiger partial charge in [0.2, 0.25) is 5.66 Å². The van der Waals surface area contributed by atoms with Crippen molar-refractivity contribution in [1.82, 2.24) is 0 Å². The molecule has 0 aromatic rings. The summed E-state index contributed by atoms with van der Waals surface area (Å²) in [5.74, 6) is -0.0907. The van der Waals surface area contributed by atoms with E-state index in [1.54, 1.807) is 6.92 Å². The number of carbonyl (C=O) groups excluding carboxylic acids is 1. The molecule has 12 heavy (non-hydrogen) atoms.